The first-order valence-electron chi connectivity index (χ1n) is 12.6. The molecule has 1 saturated carbocycles. The largest absolute Gasteiger partial charge is 0.504 e. The van der Waals surface area contributed by atoms with Crippen LogP contribution in [0, 0.1) is 11.7 Å². The average molecular weight is 564 g/mol. The molecule has 0 aliphatic heterocycles. The molecule has 3 aromatic rings. The number of nitrogens with zero attached hydrogens (tertiary/aromatic N) is 2. The molecule has 3 N–H and O–H groups in total. The molecule has 1 amide bonds. The van der Waals surface area contributed by atoms with Gasteiger partial charge < -0.3 is 15.7 Å². The fourth-order valence-electron chi connectivity index (χ4n) is 4.73. The summed E-state index contributed by atoms with van der Waals surface area (Å²) < 4.78 is 14.1. The van der Waals surface area contributed by atoms with Crippen LogP contribution in [-0.2, 0) is 4.79 Å². The SMILES string of the molecule is CC(=O)c1cnc2ccc(-c3cc(F)c(O)c(Cl)c3)cc2c1NCN(C)CCNC(=O)C1CCCCC1.Cl. The highest BCUT2D eigenvalue weighted by molar-refractivity contribution is 6.32. The molecule has 0 saturated heterocycles. The Morgan fingerprint density at radius 3 is 2.58 bits per heavy atom. The number of phenols is 1. The first-order chi connectivity index (χ1) is 17.7. The molecule has 7 nitrogen and oxygen atoms in total. The number of phenolic OH excluding ortho intramolecular Hbond substituents is 1. The van der Waals surface area contributed by atoms with E-state index >= 15 is 0 Å². The van der Waals surface area contributed by atoms with Crippen LogP contribution >= 0.6 is 24.0 Å². The highest BCUT2D eigenvalue weighted by atomic mass is 35.5. The number of hydrogen-bond acceptors (Lipinski definition) is 6. The lowest BCUT2D eigenvalue weighted by Crippen LogP contribution is -2.38. The van der Waals surface area contributed by atoms with Crippen molar-refractivity contribution < 1.29 is 19.1 Å². The standard InChI is InChI=1S/C28H32ClFN4O3.ClH/c1-17(35)22-15-32-25-9-8-19(20-13-23(29)27(36)24(30)14-20)12-21(25)26(22)33-16-34(2)11-10-31-28(37)18-6-4-3-5-7-18;/h8-9,12-15,18,36H,3-7,10-11,16H2,1-2H3,(H,31,37)(H,32,33);1H. The molecule has 2 aromatic carbocycles. The number of ketones is 1. The van der Waals surface area contributed by atoms with Crippen LogP contribution in [0.5, 0.6) is 5.75 Å². The van der Waals surface area contributed by atoms with Gasteiger partial charge in [0, 0.05) is 30.6 Å². The number of aromatic nitrogens is 1. The summed E-state index contributed by atoms with van der Waals surface area (Å²) in [6.45, 7) is 3.10. The Labute approximate surface area is 233 Å². The molecule has 0 atom stereocenters. The Hall–Kier alpha value is -2.94. The fourth-order valence-corrected chi connectivity index (χ4v) is 4.94. The highest BCUT2D eigenvalue weighted by Gasteiger charge is 2.21. The zero-order valence-electron chi connectivity index (χ0n) is 21.5. The number of carbonyl (C=O) groups excluding carboxylic acids is 2. The normalized spacial score (nSPS) is 13.8. The maximum absolute atomic E-state index is 14.1. The first kappa shape index (κ1) is 29.6. The minimum atomic E-state index is -0.811. The third kappa shape index (κ3) is 6.92. The molecule has 1 aromatic heterocycles. The van der Waals surface area contributed by atoms with Crippen molar-refractivity contribution >= 4 is 52.3 Å². The van der Waals surface area contributed by atoms with Crippen molar-refractivity contribution in [2.45, 2.75) is 39.0 Å². The minimum absolute atomic E-state index is 0. The average Bonchev–Trinajstić information content (AvgIpc) is 2.89. The van der Waals surface area contributed by atoms with Crippen LogP contribution in [0.2, 0.25) is 5.02 Å². The van der Waals surface area contributed by atoms with Crippen LogP contribution in [0.3, 0.4) is 0 Å². The summed E-state index contributed by atoms with van der Waals surface area (Å²) in [7, 11) is 1.93. The third-order valence-electron chi connectivity index (χ3n) is 6.89. The van der Waals surface area contributed by atoms with Gasteiger partial charge in [0.25, 0.3) is 0 Å². The van der Waals surface area contributed by atoms with Crippen LogP contribution in [0.15, 0.2) is 36.5 Å². The number of amides is 1. The van der Waals surface area contributed by atoms with Gasteiger partial charge in [-0.05, 0) is 62.2 Å². The van der Waals surface area contributed by atoms with E-state index in [1.807, 2.05) is 18.0 Å². The van der Waals surface area contributed by atoms with E-state index in [1.165, 1.54) is 25.5 Å². The molecule has 1 aliphatic rings. The van der Waals surface area contributed by atoms with Gasteiger partial charge in [-0.25, -0.2) is 4.39 Å². The van der Waals surface area contributed by atoms with Crippen molar-refractivity contribution in [3.8, 4) is 16.9 Å². The number of hydrogen-bond donors (Lipinski definition) is 3. The van der Waals surface area contributed by atoms with Gasteiger partial charge in [0.15, 0.2) is 17.3 Å². The van der Waals surface area contributed by atoms with Crippen molar-refractivity contribution in [2.75, 3.05) is 32.1 Å². The lowest BCUT2D eigenvalue weighted by atomic mass is 9.89. The van der Waals surface area contributed by atoms with E-state index in [-0.39, 0.29) is 35.0 Å². The van der Waals surface area contributed by atoms with Crippen LogP contribution in [0.4, 0.5) is 10.1 Å². The number of Topliss-reactive ketones (excluding diaryl/α,β-unsaturated/α-hetero) is 1. The van der Waals surface area contributed by atoms with E-state index in [1.54, 1.807) is 18.3 Å². The maximum Gasteiger partial charge on any atom is 0.223 e. The summed E-state index contributed by atoms with van der Waals surface area (Å²) in [6.07, 6.45) is 6.95. The van der Waals surface area contributed by atoms with Crippen molar-refractivity contribution in [1.82, 2.24) is 15.2 Å². The molecule has 38 heavy (non-hydrogen) atoms. The molecule has 0 radical (unpaired) electrons. The van der Waals surface area contributed by atoms with E-state index in [9.17, 15) is 19.1 Å². The third-order valence-corrected chi connectivity index (χ3v) is 7.18. The molecule has 1 aliphatic carbocycles. The number of aromatic hydroxyl groups is 1. The number of anilines is 1. The van der Waals surface area contributed by atoms with Gasteiger partial charge >= 0.3 is 0 Å². The monoisotopic (exact) mass is 562 g/mol. The van der Waals surface area contributed by atoms with Gasteiger partial charge in [-0.15, -0.1) is 12.4 Å². The van der Waals surface area contributed by atoms with E-state index in [2.05, 4.69) is 15.6 Å². The predicted octanol–water partition coefficient (Wildman–Crippen LogP) is 6.02. The second-order valence-corrected chi connectivity index (χ2v) is 10.1. The Morgan fingerprint density at radius 2 is 1.89 bits per heavy atom. The summed E-state index contributed by atoms with van der Waals surface area (Å²) in [5, 5.41) is 16.7. The first-order valence-corrected chi connectivity index (χ1v) is 12.9. The van der Waals surface area contributed by atoms with Gasteiger partial charge in [0.2, 0.25) is 5.91 Å². The summed E-state index contributed by atoms with van der Waals surface area (Å²) >= 11 is 5.98. The van der Waals surface area contributed by atoms with Gasteiger partial charge in [0.05, 0.1) is 28.5 Å². The molecular formula is C28H33Cl2FN4O3. The molecule has 1 heterocycles. The summed E-state index contributed by atoms with van der Waals surface area (Å²) in [5.41, 5.74) is 2.90. The van der Waals surface area contributed by atoms with Crippen molar-refractivity contribution in [3.05, 3.63) is 52.9 Å². The van der Waals surface area contributed by atoms with Gasteiger partial charge in [-0.1, -0.05) is 36.9 Å². The number of pyridine rings is 1. The van der Waals surface area contributed by atoms with Crippen LogP contribution in [0.25, 0.3) is 22.0 Å². The number of likely N-dealkylation sites (N-methyl/N-ethyl adjacent to an activating group) is 1. The van der Waals surface area contributed by atoms with Crippen LogP contribution in [-0.4, -0.2) is 53.5 Å². The molecule has 4 rings (SSSR count). The maximum atomic E-state index is 14.1. The van der Waals surface area contributed by atoms with E-state index in [0.717, 1.165) is 25.7 Å². The number of benzene rings is 2. The topological polar surface area (TPSA) is 94.6 Å². The lowest BCUT2D eigenvalue weighted by molar-refractivity contribution is -0.125. The van der Waals surface area contributed by atoms with E-state index in [0.29, 0.717) is 53.0 Å². The number of fused-ring (bicyclic) bond motifs is 1. The predicted molar refractivity (Wildman–Crippen MR) is 152 cm³/mol. The smallest absolute Gasteiger partial charge is 0.223 e. The molecule has 0 unspecified atom stereocenters. The van der Waals surface area contributed by atoms with E-state index < -0.39 is 11.6 Å². The quantitative estimate of drug-likeness (QED) is 0.218. The van der Waals surface area contributed by atoms with E-state index in [4.69, 9.17) is 11.6 Å². The molecule has 10 heteroatoms. The number of nitrogens with one attached hydrogen (secondary N) is 2. The van der Waals surface area contributed by atoms with Crippen molar-refractivity contribution in [1.29, 1.82) is 0 Å². The summed E-state index contributed by atoms with van der Waals surface area (Å²) in [5.74, 6) is -1.27. The summed E-state index contributed by atoms with van der Waals surface area (Å²) in [4.78, 5) is 31.2. The number of rotatable bonds is 9. The van der Waals surface area contributed by atoms with Crippen molar-refractivity contribution in [2.24, 2.45) is 5.92 Å². The Morgan fingerprint density at radius 1 is 1.16 bits per heavy atom. The lowest BCUT2D eigenvalue weighted by Gasteiger charge is -2.23. The Balaban J connectivity index is 0.00000400. The summed E-state index contributed by atoms with van der Waals surface area (Å²) in [6, 6.07) is 8.11. The second kappa shape index (κ2) is 13.2. The van der Waals surface area contributed by atoms with Crippen LogP contribution in [0.1, 0.15) is 49.4 Å². The second-order valence-electron chi connectivity index (χ2n) is 9.66. The molecular weight excluding hydrogens is 530 g/mol. The number of halogens is 3. The van der Waals surface area contributed by atoms with Crippen molar-refractivity contribution in [3.63, 3.8) is 0 Å². The van der Waals surface area contributed by atoms with Gasteiger partial charge in [-0.2, -0.15) is 0 Å². The van der Waals surface area contributed by atoms with Gasteiger partial charge in [-0.3, -0.25) is 19.5 Å². The minimum Gasteiger partial charge on any atom is -0.504 e. The molecule has 0 spiro atoms. The zero-order valence-corrected chi connectivity index (χ0v) is 23.1. The molecule has 1 fully saturated rings. The molecule has 0 bridgehead atoms. The number of carbonyl (C=O) groups is 2. The Kier molecular flexibility index (Phi) is 10.3. The molecule has 204 valence electrons. The zero-order chi connectivity index (χ0) is 26.5. The Bertz CT molecular complexity index is 1290. The highest BCUT2D eigenvalue weighted by Crippen LogP contribution is 2.35. The van der Waals surface area contributed by atoms with Gasteiger partial charge in [0.1, 0.15) is 0 Å². The fraction of sp³-hybridized carbons (Fsp3) is 0.393. The van der Waals surface area contributed by atoms with Crippen LogP contribution < -0.4 is 10.6 Å².